The lowest BCUT2D eigenvalue weighted by Gasteiger charge is -2.27. The van der Waals surface area contributed by atoms with Crippen LogP contribution in [0.3, 0.4) is 0 Å². The van der Waals surface area contributed by atoms with Crippen molar-refractivity contribution in [2.75, 3.05) is 0 Å². The first-order chi connectivity index (χ1) is 10.3. The van der Waals surface area contributed by atoms with Crippen LogP contribution < -0.4 is 5.32 Å². The molecule has 0 saturated carbocycles. The maximum absolute atomic E-state index is 5.83. The fourth-order valence-electron chi connectivity index (χ4n) is 3.54. The van der Waals surface area contributed by atoms with Gasteiger partial charge < -0.3 is 9.84 Å². The summed E-state index contributed by atoms with van der Waals surface area (Å²) in [6.07, 6.45) is 7.52. The van der Waals surface area contributed by atoms with Crippen molar-refractivity contribution in [2.24, 2.45) is 5.92 Å². The first-order valence-electron chi connectivity index (χ1n) is 7.47. The zero-order chi connectivity index (χ0) is 14.2. The molecule has 4 rings (SSSR count). The molecule has 2 aromatic heterocycles. The molecule has 110 valence electrons. The van der Waals surface area contributed by atoms with Gasteiger partial charge in [0.15, 0.2) is 0 Å². The van der Waals surface area contributed by atoms with E-state index in [1.54, 1.807) is 12.3 Å². The summed E-state index contributed by atoms with van der Waals surface area (Å²) < 4.78 is 5.39. The van der Waals surface area contributed by atoms with Crippen LogP contribution in [0.1, 0.15) is 31.6 Å². The summed E-state index contributed by atoms with van der Waals surface area (Å²) in [6.45, 7) is 0. The summed E-state index contributed by atoms with van der Waals surface area (Å²) in [5.41, 5.74) is 0.694. The van der Waals surface area contributed by atoms with E-state index in [1.807, 2.05) is 6.07 Å². The van der Waals surface area contributed by atoms with E-state index in [1.165, 1.54) is 25.7 Å². The van der Waals surface area contributed by atoms with E-state index in [4.69, 9.17) is 16.1 Å². The second-order valence-electron chi connectivity index (χ2n) is 6.05. The van der Waals surface area contributed by atoms with Gasteiger partial charge in [-0.05, 0) is 43.7 Å². The maximum atomic E-state index is 5.83. The van der Waals surface area contributed by atoms with Crippen LogP contribution in [0.2, 0.25) is 5.02 Å². The minimum absolute atomic E-state index is 0.540. The Morgan fingerprint density at radius 3 is 2.76 bits per heavy atom. The smallest absolute Gasteiger partial charge is 0.227 e. The van der Waals surface area contributed by atoms with Crippen molar-refractivity contribution in [3.8, 4) is 11.5 Å². The Hall–Kier alpha value is -1.46. The molecule has 1 N–H and O–H groups in total. The van der Waals surface area contributed by atoms with Crippen LogP contribution in [0.25, 0.3) is 11.5 Å². The zero-order valence-corrected chi connectivity index (χ0v) is 12.4. The van der Waals surface area contributed by atoms with E-state index in [0.29, 0.717) is 40.4 Å². The highest BCUT2D eigenvalue weighted by atomic mass is 35.5. The predicted molar refractivity (Wildman–Crippen MR) is 78.9 cm³/mol. The highest BCUT2D eigenvalue weighted by Gasteiger charge is 2.34. The minimum Gasteiger partial charge on any atom is -0.339 e. The van der Waals surface area contributed by atoms with E-state index in [-0.39, 0.29) is 0 Å². The Kier molecular flexibility index (Phi) is 3.39. The lowest BCUT2D eigenvalue weighted by molar-refractivity contribution is 0.270. The number of fused-ring (bicyclic) bond motifs is 2. The number of piperidine rings is 1. The number of nitrogens with one attached hydrogen (secondary N) is 1. The number of hydrogen-bond donors (Lipinski definition) is 1. The van der Waals surface area contributed by atoms with Crippen LogP contribution >= 0.6 is 11.6 Å². The molecule has 0 aromatic carbocycles. The molecule has 0 spiro atoms. The fourth-order valence-corrected chi connectivity index (χ4v) is 3.65. The number of aromatic nitrogens is 3. The highest BCUT2D eigenvalue weighted by molar-refractivity contribution is 6.30. The number of nitrogens with zero attached hydrogens (tertiary/aromatic N) is 3. The molecule has 0 amide bonds. The average molecular weight is 305 g/mol. The van der Waals surface area contributed by atoms with Crippen LogP contribution in [0.5, 0.6) is 0 Å². The Bertz CT molecular complexity index is 615. The standard InChI is InChI=1S/C15H17ClN4O/c16-10-1-4-13(17-8-10)15-19-14(21-20-15)7-9-5-11-2-3-12(6-9)18-11/h1,4,8-9,11-12,18H,2-3,5-7H2. The minimum atomic E-state index is 0.540. The lowest BCUT2D eigenvalue weighted by Crippen LogP contribution is -2.38. The molecular weight excluding hydrogens is 288 g/mol. The molecule has 0 aliphatic carbocycles. The molecule has 2 aromatic rings. The van der Waals surface area contributed by atoms with E-state index in [0.717, 1.165) is 6.42 Å². The topological polar surface area (TPSA) is 63.8 Å². The van der Waals surface area contributed by atoms with Crippen molar-refractivity contribution in [3.05, 3.63) is 29.2 Å². The van der Waals surface area contributed by atoms with Crippen LogP contribution in [-0.4, -0.2) is 27.2 Å². The predicted octanol–water partition coefficient (Wildman–Crippen LogP) is 2.86. The SMILES string of the molecule is Clc1ccc(-c2noc(CC3CC4CCC(C3)N4)n2)nc1. The van der Waals surface area contributed by atoms with Gasteiger partial charge in [0.25, 0.3) is 0 Å². The first-order valence-corrected chi connectivity index (χ1v) is 7.84. The van der Waals surface area contributed by atoms with Gasteiger partial charge in [0.05, 0.1) is 5.02 Å². The largest absolute Gasteiger partial charge is 0.339 e. The second kappa shape index (κ2) is 5.39. The quantitative estimate of drug-likeness (QED) is 0.944. The molecule has 2 saturated heterocycles. The third kappa shape index (κ3) is 2.80. The van der Waals surface area contributed by atoms with Crippen molar-refractivity contribution in [1.29, 1.82) is 0 Å². The van der Waals surface area contributed by atoms with E-state index in [2.05, 4.69) is 20.4 Å². The monoisotopic (exact) mass is 304 g/mol. The van der Waals surface area contributed by atoms with Gasteiger partial charge in [-0.25, -0.2) is 0 Å². The summed E-state index contributed by atoms with van der Waals surface area (Å²) in [7, 11) is 0. The Morgan fingerprint density at radius 2 is 2.05 bits per heavy atom. The van der Waals surface area contributed by atoms with Gasteiger partial charge in [-0.15, -0.1) is 0 Å². The van der Waals surface area contributed by atoms with Crippen molar-refractivity contribution in [3.63, 3.8) is 0 Å². The molecule has 5 nitrogen and oxygen atoms in total. The molecule has 21 heavy (non-hydrogen) atoms. The Morgan fingerprint density at radius 1 is 1.24 bits per heavy atom. The molecular formula is C15H17ClN4O. The zero-order valence-electron chi connectivity index (χ0n) is 11.6. The molecule has 6 heteroatoms. The highest BCUT2D eigenvalue weighted by Crippen LogP contribution is 2.32. The van der Waals surface area contributed by atoms with Crippen molar-refractivity contribution >= 4 is 11.6 Å². The lowest BCUT2D eigenvalue weighted by atomic mass is 9.90. The number of hydrogen-bond acceptors (Lipinski definition) is 5. The molecule has 2 aliphatic rings. The summed E-state index contributed by atoms with van der Waals surface area (Å²) >= 11 is 5.83. The van der Waals surface area contributed by atoms with E-state index < -0.39 is 0 Å². The summed E-state index contributed by atoms with van der Waals surface area (Å²) in [5, 5.41) is 8.29. The van der Waals surface area contributed by atoms with Gasteiger partial charge in [0.2, 0.25) is 11.7 Å². The van der Waals surface area contributed by atoms with Crippen molar-refractivity contribution in [2.45, 2.75) is 44.2 Å². The van der Waals surface area contributed by atoms with Crippen LogP contribution in [0.4, 0.5) is 0 Å². The number of halogens is 1. The number of rotatable bonds is 3. The van der Waals surface area contributed by atoms with Gasteiger partial charge in [-0.1, -0.05) is 16.8 Å². The van der Waals surface area contributed by atoms with E-state index in [9.17, 15) is 0 Å². The molecule has 4 heterocycles. The Labute approximate surface area is 128 Å². The van der Waals surface area contributed by atoms with Crippen LogP contribution in [0, 0.1) is 5.92 Å². The maximum Gasteiger partial charge on any atom is 0.227 e. The van der Waals surface area contributed by atoms with Gasteiger partial charge >= 0.3 is 0 Å². The summed E-state index contributed by atoms with van der Waals surface area (Å²) in [6, 6.07) is 4.97. The first kappa shape index (κ1) is 13.2. The Balaban J connectivity index is 1.46. The normalized spacial score (nSPS) is 28.0. The van der Waals surface area contributed by atoms with E-state index >= 15 is 0 Å². The molecule has 2 unspecified atom stereocenters. The third-order valence-corrected chi connectivity index (χ3v) is 4.68. The van der Waals surface area contributed by atoms with Gasteiger partial charge in [0.1, 0.15) is 5.69 Å². The fraction of sp³-hybridized carbons (Fsp3) is 0.533. The third-order valence-electron chi connectivity index (χ3n) is 4.46. The van der Waals surface area contributed by atoms with Crippen molar-refractivity contribution in [1.82, 2.24) is 20.4 Å². The van der Waals surface area contributed by atoms with Gasteiger partial charge in [0, 0.05) is 24.7 Å². The molecule has 2 bridgehead atoms. The molecule has 0 radical (unpaired) electrons. The number of pyridine rings is 1. The van der Waals surface area contributed by atoms with Crippen LogP contribution in [-0.2, 0) is 6.42 Å². The molecule has 2 atom stereocenters. The average Bonchev–Trinajstić information content (AvgIpc) is 3.07. The van der Waals surface area contributed by atoms with Gasteiger partial charge in [-0.3, -0.25) is 4.98 Å². The summed E-state index contributed by atoms with van der Waals surface area (Å²) in [5.74, 6) is 1.90. The van der Waals surface area contributed by atoms with Crippen LogP contribution in [0.15, 0.2) is 22.9 Å². The summed E-state index contributed by atoms with van der Waals surface area (Å²) in [4.78, 5) is 8.69. The van der Waals surface area contributed by atoms with Crippen molar-refractivity contribution < 1.29 is 4.52 Å². The molecule has 2 aliphatic heterocycles. The second-order valence-corrected chi connectivity index (χ2v) is 6.49. The van der Waals surface area contributed by atoms with Gasteiger partial charge in [-0.2, -0.15) is 4.98 Å². The molecule has 2 fully saturated rings.